The number of nitrogens with zero attached hydrogens (tertiary/aromatic N) is 2. The fourth-order valence-electron chi connectivity index (χ4n) is 2.86. The first kappa shape index (κ1) is 16.7. The summed E-state index contributed by atoms with van der Waals surface area (Å²) in [4.78, 5) is 12.8. The summed E-state index contributed by atoms with van der Waals surface area (Å²) in [5.74, 6) is 0.994. The summed E-state index contributed by atoms with van der Waals surface area (Å²) in [6.45, 7) is 6.45. The van der Waals surface area contributed by atoms with Crippen molar-refractivity contribution < 1.29 is 14.8 Å². The summed E-state index contributed by atoms with van der Waals surface area (Å²) in [6.07, 6.45) is 2.10. The number of hydrogen-bond donors (Lipinski definition) is 1. The van der Waals surface area contributed by atoms with Crippen LogP contribution >= 0.6 is 0 Å². The van der Waals surface area contributed by atoms with Crippen molar-refractivity contribution in [3.05, 3.63) is 33.9 Å². The third-order valence-corrected chi connectivity index (χ3v) is 3.87. The molecule has 1 N–H and O–H groups in total. The molecule has 1 heterocycles. The summed E-state index contributed by atoms with van der Waals surface area (Å²) in [7, 11) is 0. The number of rotatable bonds is 6. The van der Waals surface area contributed by atoms with Crippen molar-refractivity contribution >= 4 is 5.69 Å². The van der Waals surface area contributed by atoms with E-state index in [0.717, 1.165) is 31.5 Å². The van der Waals surface area contributed by atoms with Gasteiger partial charge in [0, 0.05) is 37.4 Å². The Balaban J connectivity index is 2.18. The summed E-state index contributed by atoms with van der Waals surface area (Å²) >= 11 is 0. The molecule has 0 aliphatic carbocycles. The van der Waals surface area contributed by atoms with Gasteiger partial charge in [-0.2, -0.15) is 0 Å². The van der Waals surface area contributed by atoms with Gasteiger partial charge in [0.15, 0.2) is 0 Å². The summed E-state index contributed by atoms with van der Waals surface area (Å²) in [5, 5.41) is 20.3. The first-order valence-corrected chi connectivity index (χ1v) is 7.76. The van der Waals surface area contributed by atoms with Gasteiger partial charge in [0.1, 0.15) is 5.75 Å². The Morgan fingerprint density at radius 1 is 1.50 bits per heavy atom. The lowest BCUT2D eigenvalue weighted by molar-refractivity contribution is -0.385. The van der Waals surface area contributed by atoms with Gasteiger partial charge in [0.05, 0.1) is 11.0 Å². The Bertz CT molecular complexity index is 519. The lowest BCUT2D eigenvalue weighted by atomic mass is 9.98. The fraction of sp³-hybridized carbons (Fsp3) is 0.625. The van der Waals surface area contributed by atoms with Crippen LogP contribution in [0.3, 0.4) is 0 Å². The van der Waals surface area contributed by atoms with Gasteiger partial charge in [-0.25, -0.2) is 0 Å². The van der Waals surface area contributed by atoms with Crippen LogP contribution in [0.25, 0.3) is 0 Å². The van der Waals surface area contributed by atoms with E-state index in [2.05, 4.69) is 4.90 Å². The number of likely N-dealkylation sites (tertiary alicyclic amines) is 1. The Labute approximate surface area is 130 Å². The first-order chi connectivity index (χ1) is 10.5. The molecule has 1 aliphatic rings. The minimum atomic E-state index is -0.380. The molecule has 0 aromatic heterocycles. The number of ether oxygens (including phenoxy) is 1. The van der Waals surface area contributed by atoms with Crippen LogP contribution in [-0.2, 0) is 6.54 Å². The van der Waals surface area contributed by atoms with Crippen LogP contribution in [0, 0.1) is 16.0 Å². The third kappa shape index (κ3) is 4.42. The van der Waals surface area contributed by atoms with Gasteiger partial charge in [-0.15, -0.1) is 0 Å². The predicted molar refractivity (Wildman–Crippen MR) is 83.9 cm³/mol. The Kier molecular flexibility index (Phi) is 5.74. The molecule has 0 spiro atoms. The van der Waals surface area contributed by atoms with Crippen LogP contribution < -0.4 is 4.74 Å². The number of benzene rings is 1. The number of nitro benzene ring substituents is 1. The van der Waals surface area contributed by atoms with Crippen LogP contribution in [-0.4, -0.2) is 40.7 Å². The number of hydrogen-bond acceptors (Lipinski definition) is 5. The smallest absolute Gasteiger partial charge is 0.270 e. The van der Waals surface area contributed by atoms with Crippen molar-refractivity contribution in [2.24, 2.45) is 5.92 Å². The molecule has 0 radical (unpaired) electrons. The van der Waals surface area contributed by atoms with Crippen LogP contribution in [0.1, 0.15) is 32.3 Å². The van der Waals surface area contributed by atoms with Gasteiger partial charge >= 0.3 is 0 Å². The van der Waals surface area contributed by atoms with E-state index in [1.807, 2.05) is 13.8 Å². The van der Waals surface area contributed by atoms with Gasteiger partial charge < -0.3 is 9.84 Å². The Morgan fingerprint density at radius 2 is 2.27 bits per heavy atom. The molecule has 1 aromatic rings. The molecule has 1 fully saturated rings. The molecule has 1 aromatic carbocycles. The summed E-state index contributed by atoms with van der Waals surface area (Å²) in [6, 6.07) is 4.76. The molecular formula is C16H24N2O4. The molecular weight excluding hydrogens is 284 g/mol. The number of aliphatic hydroxyl groups excluding tert-OH is 1. The Morgan fingerprint density at radius 3 is 2.91 bits per heavy atom. The van der Waals surface area contributed by atoms with Crippen molar-refractivity contribution in [3.8, 4) is 5.75 Å². The lowest BCUT2D eigenvalue weighted by Crippen LogP contribution is -2.36. The van der Waals surface area contributed by atoms with Crippen LogP contribution in [0.4, 0.5) is 5.69 Å². The molecule has 122 valence electrons. The van der Waals surface area contributed by atoms with Gasteiger partial charge in [-0.05, 0) is 45.2 Å². The van der Waals surface area contributed by atoms with Crippen molar-refractivity contribution in [2.75, 3.05) is 19.7 Å². The zero-order chi connectivity index (χ0) is 16.1. The fourth-order valence-corrected chi connectivity index (χ4v) is 2.86. The van der Waals surface area contributed by atoms with E-state index in [9.17, 15) is 15.2 Å². The minimum absolute atomic E-state index is 0.0201. The minimum Gasteiger partial charge on any atom is -0.491 e. The molecule has 1 saturated heterocycles. The highest BCUT2D eigenvalue weighted by atomic mass is 16.6. The highest BCUT2D eigenvalue weighted by Gasteiger charge is 2.21. The topological polar surface area (TPSA) is 75.8 Å². The van der Waals surface area contributed by atoms with Crippen LogP contribution in [0.2, 0.25) is 0 Å². The SMILES string of the molecule is CC(C)Oc1ccc([N+](=O)[O-])cc1CN1CCCC(CO)C1. The number of nitro groups is 1. The summed E-state index contributed by atoms with van der Waals surface area (Å²) < 4.78 is 5.78. The first-order valence-electron chi connectivity index (χ1n) is 7.76. The molecule has 1 aliphatic heterocycles. The predicted octanol–water partition coefficient (Wildman–Crippen LogP) is 2.59. The second-order valence-electron chi connectivity index (χ2n) is 6.14. The molecule has 0 saturated carbocycles. The van der Waals surface area contributed by atoms with E-state index in [4.69, 9.17) is 4.74 Å². The zero-order valence-corrected chi connectivity index (χ0v) is 13.2. The number of aliphatic hydroxyl groups is 1. The van der Waals surface area contributed by atoms with E-state index in [0.29, 0.717) is 18.2 Å². The second-order valence-corrected chi connectivity index (χ2v) is 6.14. The van der Waals surface area contributed by atoms with E-state index in [1.54, 1.807) is 12.1 Å². The molecule has 1 atom stereocenters. The maximum absolute atomic E-state index is 11.0. The van der Waals surface area contributed by atoms with E-state index in [1.165, 1.54) is 6.07 Å². The highest BCUT2D eigenvalue weighted by molar-refractivity contribution is 5.44. The van der Waals surface area contributed by atoms with Crippen molar-refractivity contribution in [1.29, 1.82) is 0 Å². The molecule has 2 rings (SSSR count). The third-order valence-electron chi connectivity index (χ3n) is 3.87. The van der Waals surface area contributed by atoms with Crippen molar-refractivity contribution in [1.82, 2.24) is 4.90 Å². The zero-order valence-electron chi connectivity index (χ0n) is 13.2. The van der Waals surface area contributed by atoms with E-state index in [-0.39, 0.29) is 23.3 Å². The molecule has 0 bridgehead atoms. The largest absolute Gasteiger partial charge is 0.491 e. The maximum atomic E-state index is 11.0. The molecule has 6 heteroatoms. The monoisotopic (exact) mass is 308 g/mol. The van der Waals surface area contributed by atoms with Gasteiger partial charge in [0.25, 0.3) is 5.69 Å². The van der Waals surface area contributed by atoms with Crippen LogP contribution in [0.15, 0.2) is 18.2 Å². The van der Waals surface area contributed by atoms with Gasteiger partial charge in [0.2, 0.25) is 0 Å². The van der Waals surface area contributed by atoms with Gasteiger partial charge in [-0.1, -0.05) is 0 Å². The second kappa shape index (κ2) is 7.56. The van der Waals surface area contributed by atoms with Crippen molar-refractivity contribution in [2.45, 2.75) is 39.3 Å². The maximum Gasteiger partial charge on any atom is 0.270 e. The van der Waals surface area contributed by atoms with Crippen LogP contribution in [0.5, 0.6) is 5.75 Å². The van der Waals surface area contributed by atoms with Crippen molar-refractivity contribution in [3.63, 3.8) is 0 Å². The van der Waals surface area contributed by atoms with E-state index >= 15 is 0 Å². The molecule has 6 nitrogen and oxygen atoms in total. The Hall–Kier alpha value is -1.66. The van der Waals surface area contributed by atoms with E-state index < -0.39 is 0 Å². The molecule has 22 heavy (non-hydrogen) atoms. The lowest BCUT2D eigenvalue weighted by Gasteiger charge is -2.32. The highest BCUT2D eigenvalue weighted by Crippen LogP contribution is 2.28. The number of piperidine rings is 1. The average Bonchev–Trinajstić information content (AvgIpc) is 2.48. The molecule has 0 amide bonds. The normalized spacial score (nSPS) is 19.4. The average molecular weight is 308 g/mol. The number of non-ortho nitro benzene ring substituents is 1. The van der Waals surface area contributed by atoms with Gasteiger partial charge in [-0.3, -0.25) is 15.0 Å². The molecule has 1 unspecified atom stereocenters. The quantitative estimate of drug-likeness (QED) is 0.645. The standard InChI is InChI=1S/C16H24N2O4/c1-12(2)22-16-6-5-15(18(20)21)8-14(16)10-17-7-3-4-13(9-17)11-19/h5-6,8,12-13,19H,3-4,7,9-11H2,1-2H3. The summed E-state index contributed by atoms with van der Waals surface area (Å²) in [5.41, 5.74) is 0.920.